The smallest absolute Gasteiger partial charge is 0.0743 e. The van der Waals surface area contributed by atoms with Crippen LogP contribution in [0.4, 0.5) is 0 Å². The van der Waals surface area contributed by atoms with Gasteiger partial charge in [0.05, 0.1) is 12.7 Å². The van der Waals surface area contributed by atoms with E-state index in [2.05, 4.69) is 33.0 Å². The zero-order valence-electron chi connectivity index (χ0n) is 10.4. The summed E-state index contributed by atoms with van der Waals surface area (Å²) >= 11 is 0. The van der Waals surface area contributed by atoms with Crippen molar-refractivity contribution in [1.82, 2.24) is 5.32 Å². The van der Waals surface area contributed by atoms with Crippen LogP contribution in [0.2, 0.25) is 0 Å². The highest BCUT2D eigenvalue weighted by atomic mass is 16.5. The lowest BCUT2D eigenvalue weighted by Crippen LogP contribution is -2.42. The molecular weight excluding hydrogens is 178 g/mol. The van der Waals surface area contributed by atoms with Gasteiger partial charge in [0.1, 0.15) is 0 Å². The molecule has 0 spiro atoms. The maximum absolute atomic E-state index is 5.44. The third-order valence-electron chi connectivity index (χ3n) is 2.32. The van der Waals surface area contributed by atoms with E-state index in [1.165, 1.54) is 0 Å². The van der Waals surface area contributed by atoms with Gasteiger partial charge in [0.15, 0.2) is 0 Å². The highest BCUT2D eigenvalue weighted by molar-refractivity contribution is 4.77. The number of hydrogen-bond acceptors (Lipinski definition) is 3. The molecule has 0 rings (SSSR count). The molecule has 0 aromatic heterocycles. The van der Waals surface area contributed by atoms with Gasteiger partial charge in [-0.25, -0.2) is 0 Å². The minimum absolute atomic E-state index is 0.175. The van der Waals surface area contributed by atoms with Gasteiger partial charge in [-0.1, -0.05) is 20.8 Å². The lowest BCUT2D eigenvalue weighted by atomic mass is 9.89. The standard InChI is InChI=1S/C11H25NO2/c1-9(8-13-5)12-7-10(14-6)11(2,3)4/h9-10,12H,7-8H2,1-6H3. The fraction of sp³-hybridized carbons (Fsp3) is 1.00. The molecule has 0 aromatic carbocycles. The maximum atomic E-state index is 5.44. The summed E-state index contributed by atoms with van der Waals surface area (Å²) in [6, 6.07) is 0.375. The lowest BCUT2D eigenvalue weighted by molar-refractivity contribution is 0.0140. The zero-order chi connectivity index (χ0) is 11.2. The minimum Gasteiger partial charge on any atom is -0.383 e. The molecule has 0 saturated carbocycles. The molecule has 86 valence electrons. The van der Waals surface area contributed by atoms with Crippen molar-refractivity contribution >= 4 is 0 Å². The van der Waals surface area contributed by atoms with E-state index in [0.717, 1.165) is 13.2 Å². The Hall–Kier alpha value is -0.120. The number of nitrogens with one attached hydrogen (secondary N) is 1. The van der Waals surface area contributed by atoms with Gasteiger partial charge in [-0.05, 0) is 12.3 Å². The molecule has 14 heavy (non-hydrogen) atoms. The van der Waals surface area contributed by atoms with Gasteiger partial charge >= 0.3 is 0 Å². The first-order valence-corrected chi connectivity index (χ1v) is 5.17. The molecule has 0 amide bonds. The second kappa shape index (κ2) is 6.38. The Labute approximate surface area is 88.2 Å². The molecule has 0 aliphatic rings. The van der Waals surface area contributed by atoms with Crippen LogP contribution in [0.1, 0.15) is 27.7 Å². The number of ether oxygens (including phenoxy) is 2. The van der Waals surface area contributed by atoms with Crippen molar-refractivity contribution in [3.63, 3.8) is 0 Å². The Morgan fingerprint density at radius 1 is 1.21 bits per heavy atom. The summed E-state index contributed by atoms with van der Waals surface area (Å²) in [5.41, 5.74) is 0.175. The van der Waals surface area contributed by atoms with Crippen LogP contribution < -0.4 is 5.32 Å². The summed E-state index contributed by atoms with van der Waals surface area (Å²) in [7, 11) is 3.48. The van der Waals surface area contributed by atoms with E-state index in [0.29, 0.717) is 6.04 Å². The second-order valence-corrected chi connectivity index (χ2v) is 4.86. The minimum atomic E-state index is 0.175. The highest BCUT2D eigenvalue weighted by Crippen LogP contribution is 2.20. The summed E-state index contributed by atoms with van der Waals surface area (Å²) in [6.45, 7) is 10.3. The maximum Gasteiger partial charge on any atom is 0.0743 e. The second-order valence-electron chi connectivity index (χ2n) is 4.86. The SMILES string of the molecule is COCC(C)NCC(OC)C(C)(C)C. The first-order chi connectivity index (χ1) is 6.41. The summed E-state index contributed by atoms with van der Waals surface area (Å²) in [5, 5.41) is 3.39. The van der Waals surface area contributed by atoms with Crippen LogP contribution >= 0.6 is 0 Å². The molecule has 1 N–H and O–H groups in total. The summed E-state index contributed by atoms with van der Waals surface area (Å²) in [4.78, 5) is 0. The Morgan fingerprint density at radius 2 is 1.79 bits per heavy atom. The van der Waals surface area contributed by atoms with Crippen molar-refractivity contribution in [2.45, 2.75) is 39.8 Å². The molecule has 3 nitrogen and oxygen atoms in total. The Bertz CT molecular complexity index is 143. The van der Waals surface area contributed by atoms with Crippen LogP contribution in [0.3, 0.4) is 0 Å². The molecule has 2 atom stereocenters. The normalized spacial score (nSPS) is 16.7. The van der Waals surface area contributed by atoms with Crippen LogP contribution in [0.5, 0.6) is 0 Å². The highest BCUT2D eigenvalue weighted by Gasteiger charge is 2.24. The quantitative estimate of drug-likeness (QED) is 0.712. The largest absolute Gasteiger partial charge is 0.383 e. The van der Waals surface area contributed by atoms with Gasteiger partial charge in [-0.2, -0.15) is 0 Å². The first kappa shape index (κ1) is 13.9. The predicted octanol–water partition coefficient (Wildman–Crippen LogP) is 1.67. The Kier molecular flexibility index (Phi) is 6.33. The van der Waals surface area contributed by atoms with Gasteiger partial charge < -0.3 is 14.8 Å². The molecule has 3 heteroatoms. The summed E-state index contributed by atoms with van der Waals surface area (Å²) < 4.78 is 10.5. The predicted molar refractivity (Wildman–Crippen MR) is 59.6 cm³/mol. The Balaban J connectivity index is 3.84. The van der Waals surface area contributed by atoms with Gasteiger partial charge in [-0.3, -0.25) is 0 Å². The number of methoxy groups -OCH3 is 2. The monoisotopic (exact) mass is 203 g/mol. The molecule has 0 radical (unpaired) electrons. The summed E-state index contributed by atoms with van der Waals surface area (Å²) in [5.74, 6) is 0. The van der Waals surface area contributed by atoms with Crippen LogP contribution in [-0.2, 0) is 9.47 Å². The molecule has 0 heterocycles. The van der Waals surface area contributed by atoms with E-state index >= 15 is 0 Å². The summed E-state index contributed by atoms with van der Waals surface area (Å²) in [6.07, 6.45) is 0.238. The van der Waals surface area contributed by atoms with Crippen LogP contribution in [0, 0.1) is 5.41 Å². The molecule has 0 bridgehead atoms. The molecule has 2 unspecified atom stereocenters. The van der Waals surface area contributed by atoms with Crippen molar-refractivity contribution in [2.75, 3.05) is 27.4 Å². The van der Waals surface area contributed by atoms with E-state index < -0.39 is 0 Å². The van der Waals surface area contributed by atoms with Crippen LogP contribution in [0.15, 0.2) is 0 Å². The zero-order valence-corrected chi connectivity index (χ0v) is 10.4. The van der Waals surface area contributed by atoms with E-state index in [-0.39, 0.29) is 11.5 Å². The fourth-order valence-corrected chi connectivity index (χ4v) is 1.36. The number of hydrogen-bond donors (Lipinski definition) is 1. The van der Waals surface area contributed by atoms with Crippen molar-refractivity contribution < 1.29 is 9.47 Å². The van der Waals surface area contributed by atoms with E-state index in [4.69, 9.17) is 9.47 Å². The first-order valence-electron chi connectivity index (χ1n) is 5.17. The van der Waals surface area contributed by atoms with Crippen molar-refractivity contribution in [3.05, 3.63) is 0 Å². The molecule has 0 aromatic rings. The number of rotatable bonds is 6. The fourth-order valence-electron chi connectivity index (χ4n) is 1.36. The van der Waals surface area contributed by atoms with Gasteiger partial charge in [0.25, 0.3) is 0 Å². The molecule has 0 aliphatic heterocycles. The molecule has 0 fully saturated rings. The van der Waals surface area contributed by atoms with Crippen molar-refractivity contribution in [1.29, 1.82) is 0 Å². The molecule has 0 saturated heterocycles. The van der Waals surface area contributed by atoms with Crippen molar-refractivity contribution in [2.24, 2.45) is 5.41 Å². The van der Waals surface area contributed by atoms with E-state index in [9.17, 15) is 0 Å². The third kappa shape index (κ3) is 5.58. The molecular formula is C11H25NO2. The van der Waals surface area contributed by atoms with Crippen LogP contribution in [-0.4, -0.2) is 39.5 Å². The molecule has 0 aliphatic carbocycles. The topological polar surface area (TPSA) is 30.5 Å². The third-order valence-corrected chi connectivity index (χ3v) is 2.32. The lowest BCUT2D eigenvalue weighted by Gasteiger charge is -2.30. The van der Waals surface area contributed by atoms with Gasteiger partial charge in [0, 0.05) is 26.8 Å². The average molecular weight is 203 g/mol. The van der Waals surface area contributed by atoms with Crippen molar-refractivity contribution in [3.8, 4) is 0 Å². The van der Waals surface area contributed by atoms with E-state index in [1.54, 1.807) is 14.2 Å². The Morgan fingerprint density at radius 3 is 2.14 bits per heavy atom. The van der Waals surface area contributed by atoms with Gasteiger partial charge in [0.2, 0.25) is 0 Å². The van der Waals surface area contributed by atoms with E-state index in [1.807, 2.05) is 0 Å². The van der Waals surface area contributed by atoms with Gasteiger partial charge in [-0.15, -0.1) is 0 Å². The van der Waals surface area contributed by atoms with Crippen LogP contribution in [0.25, 0.3) is 0 Å². The average Bonchev–Trinajstić information content (AvgIpc) is 2.03.